The Labute approximate surface area is 174 Å². The Morgan fingerprint density at radius 3 is 2.59 bits per heavy atom. The zero-order chi connectivity index (χ0) is 20.2. The number of nitrogens with one attached hydrogen (secondary N) is 2. The lowest BCUT2D eigenvalue weighted by molar-refractivity contribution is -0.118. The highest BCUT2D eigenvalue weighted by molar-refractivity contribution is 8.76. The third-order valence-electron chi connectivity index (χ3n) is 3.26. The molecule has 158 valence electrons. The number of hydrogen-bond donors (Lipinski definition) is 2. The van der Waals surface area contributed by atoms with E-state index in [9.17, 15) is 4.79 Å². The summed E-state index contributed by atoms with van der Waals surface area (Å²) in [6.07, 6.45) is 2.43. The minimum absolute atomic E-state index is 0.247. The number of hydrogen-bond acceptors (Lipinski definition) is 7. The van der Waals surface area contributed by atoms with E-state index in [2.05, 4.69) is 50.2 Å². The first kappa shape index (κ1) is 26.8. The molecular weight excluding hydrogens is 380 g/mol. The fourth-order valence-electron chi connectivity index (χ4n) is 1.93. The van der Waals surface area contributed by atoms with Crippen LogP contribution in [-0.4, -0.2) is 63.0 Å². The average molecular weight is 419 g/mol. The molecule has 0 aliphatic heterocycles. The maximum Gasteiger partial charge on any atom is 0.146 e. The molecule has 0 aromatic rings. The molecule has 0 saturated carbocycles. The third-order valence-corrected chi connectivity index (χ3v) is 5.35. The summed E-state index contributed by atoms with van der Waals surface area (Å²) in [4.78, 5) is 11.8. The normalized spacial score (nSPS) is 11.0. The van der Waals surface area contributed by atoms with Gasteiger partial charge in [-0.05, 0) is 12.8 Å². The summed E-state index contributed by atoms with van der Waals surface area (Å²) >= 11 is 0. The van der Waals surface area contributed by atoms with Gasteiger partial charge in [0.25, 0.3) is 0 Å². The van der Waals surface area contributed by atoms with E-state index >= 15 is 0 Å². The van der Waals surface area contributed by atoms with E-state index in [0.717, 1.165) is 31.7 Å². The number of ether oxygens (including phenoxy) is 2. The lowest BCUT2D eigenvalue weighted by Crippen LogP contribution is -2.26. The van der Waals surface area contributed by atoms with Crippen LogP contribution in [0.3, 0.4) is 0 Å². The summed E-state index contributed by atoms with van der Waals surface area (Å²) in [5, 5.41) is 6.50. The topological polar surface area (TPSA) is 59.6 Å². The van der Waals surface area contributed by atoms with Gasteiger partial charge in [0.15, 0.2) is 0 Å². The SMILES string of the molecule is CC(C)C#CCOCCNCC(=O)CCCCOCSSCCNC(C)C. The van der Waals surface area contributed by atoms with Crippen molar-refractivity contribution in [2.45, 2.75) is 53.0 Å². The minimum Gasteiger partial charge on any atom is -0.370 e. The Balaban J connectivity index is 3.23. The van der Waals surface area contributed by atoms with Crippen molar-refractivity contribution in [1.82, 2.24) is 10.6 Å². The van der Waals surface area contributed by atoms with E-state index in [1.54, 1.807) is 10.8 Å². The second kappa shape index (κ2) is 20.5. The number of unbranched alkanes of at least 4 members (excludes halogenated alkanes) is 1. The summed E-state index contributed by atoms with van der Waals surface area (Å²) < 4.78 is 10.9. The predicted octanol–water partition coefficient (Wildman–Crippen LogP) is 3.34. The lowest BCUT2D eigenvalue weighted by atomic mass is 10.2. The Hall–Kier alpha value is -0.230. The predicted molar refractivity (Wildman–Crippen MR) is 119 cm³/mol. The number of ketones is 1. The van der Waals surface area contributed by atoms with Crippen LogP contribution >= 0.6 is 21.6 Å². The van der Waals surface area contributed by atoms with Crippen molar-refractivity contribution in [2.24, 2.45) is 5.92 Å². The van der Waals surface area contributed by atoms with Crippen LogP contribution in [0.25, 0.3) is 0 Å². The summed E-state index contributed by atoms with van der Waals surface area (Å²) in [6, 6.07) is 0.549. The Morgan fingerprint density at radius 2 is 1.85 bits per heavy atom. The zero-order valence-electron chi connectivity index (χ0n) is 17.5. The summed E-state index contributed by atoms with van der Waals surface area (Å²) in [6.45, 7) is 12.3. The monoisotopic (exact) mass is 418 g/mol. The molecule has 0 aromatic heterocycles. The van der Waals surface area contributed by atoms with E-state index in [1.807, 2.05) is 10.8 Å². The zero-order valence-corrected chi connectivity index (χ0v) is 19.1. The fraction of sp³-hybridized carbons (Fsp3) is 0.850. The molecule has 0 aliphatic carbocycles. The van der Waals surface area contributed by atoms with Crippen LogP contribution in [0.1, 0.15) is 47.0 Å². The van der Waals surface area contributed by atoms with Crippen LogP contribution in [-0.2, 0) is 14.3 Å². The van der Waals surface area contributed by atoms with Gasteiger partial charge in [-0.2, -0.15) is 0 Å². The average Bonchev–Trinajstić information content (AvgIpc) is 2.61. The molecule has 0 heterocycles. The highest BCUT2D eigenvalue weighted by atomic mass is 33.1. The first-order valence-electron chi connectivity index (χ1n) is 9.86. The highest BCUT2D eigenvalue weighted by Crippen LogP contribution is 2.20. The molecule has 0 unspecified atom stereocenters. The highest BCUT2D eigenvalue weighted by Gasteiger charge is 2.01. The van der Waals surface area contributed by atoms with Crippen LogP contribution in [0.5, 0.6) is 0 Å². The van der Waals surface area contributed by atoms with E-state index in [-0.39, 0.29) is 5.78 Å². The molecule has 0 spiro atoms. The second-order valence-electron chi connectivity index (χ2n) is 6.78. The third kappa shape index (κ3) is 23.7. The van der Waals surface area contributed by atoms with Crippen LogP contribution in [0.15, 0.2) is 0 Å². The van der Waals surface area contributed by atoms with Gasteiger partial charge in [0.2, 0.25) is 0 Å². The fourth-order valence-corrected chi connectivity index (χ4v) is 3.52. The Morgan fingerprint density at radius 1 is 1.04 bits per heavy atom. The smallest absolute Gasteiger partial charge is 0.146 e. The minimum atomic E-state index is 0.247. The molecule has 0 amide bonds. The molecule has 0 rings (SSSR count). The molecule has 0 fully saturated rings. The van der Waals surface area contributed by atoms with Crippen LogP contribution < -0.4 is 10.6 Å². The van der Waals surface area contributed by atoms with Crippen molar-refractivity contribution in [3.8, 4) is 11.8 Å². The Kier molecular flexibility index (Phi) is 20.3. The van der Waals surface area contributed by atoms with Gasteiger partial charge in [0.1, 0.15) is 18.3 Å². The molecular formula is C20H38N2O3S2. The van der Waals surface area contributed by atoms with Gasteiger partial charge in [-0.15, -0.1) is 0 Å². The molecule has 7 heteroatoms. The standard InChI is InChI=1S/C20H38N2O3S2/c1-18(2)8-7-13-24-14-10-21-16-20(23)9-5-6-12-25-17-27-26-15-11-22-19(3)4/h18-19,21-22H,5-6,9-17H2,1-4H3. The quantitative estimate of drug-likeness (QED) is 0.153. The van der Waals surface area contributed by atoms with E-state index in [1.165, 1.54) is 0 Å². The van der Waals surface area contributed by atoms with Crippen molar-refractivity contribution in [1.29, 1.82) is 0 Å². The molecule has 2 N–H and O–H groups in total. The van der Waals surface area contributed by atoms with Crippen molar-refractivity contribution >= 4 is 27.4 Å². The van der Waals surface area contributed by atoms with Gasteiger partial charge in [0.05, 0.1) is 13.2 Å². The van der Waals surface area contributed by atoms with Gasteiger partial charge in [-0.25, -0.2) is 0 Å². The largest absolute Gasteiger partial charge is 0.370 e. The maximum absolute atomic E-state index is 11.8. The lowest BCUT2D eigenvalue weighted by Gasteiger charge is -2.07. The van der Waals surface area contributed by atoms with Gasteiger partial charge in [-0.1, -0.05) is 61.1 Å². The Bertz CT molecular complexity index is 410. The molecule has 0 bridgehead atoms. The number of rotatable bonds is 18. The van der Waals surface area contributed by atoms with E-state index < -0.39 is 0 Å². The van der Waals surface area contributed by atoms with Gasteiger partial charge >= 0.3 is 0 Å². The molecule has 0 radical (unpaired) electrons. The molecule has 0 aliphatic rings. The molecule has 0 aromatic carbocycles. The summed E-state index contributed by atoms with van der Waals surface area (Å²) in [7, 11) is 3.58. The number of Topliss-reactive ketones (excluding diaryl/α,β-unsaturated/α-hetero) is 1. The number of carbonyl (C=O) groups excluding carboxylic acids is 1. The van der Waals surface area contributed by atoms with Gasteiger partial charge in [-0.3, -0.25) is 4.79 Å². The van der Waals surface area contributed by atoms with Crippen LogP contribution in [0, 0.1) is 17.8 Å². The van der Waals surface area contributed by atoms with Crippen molar-refractivity contribution in [2.75, 3.05) is 51.1 Å². The van der Waals surface area contributed by atoms with Crippen LogP contribution in [0.4, 0.5) is 0 Å². The molecule has 0 atom stereocenters. The van der Waals surface area contributed by atoms with Crippen molar-refractivity contribution < 1.29 is 14.3 Å². The first-order chi connectivity index (χ1) is 13.0. The van der Waals surface area contributed by atoms with Gasteiger partial charge < -0.3 is 20.1 Å². The number of carbonyl (C=O) groups is 1. The molecule has 5 nitrogen and oxygen atoms in total. The van der Waals surface area contributed by atoms with Crippen molar-refractivity contribution in [3.05, 3.63) is 0 Å². The van der Waals surface area contributed by atoms with Crippen molar-refractivity contribution in [3.63, 3.8) is 0 Å². The molecule has 27 heavy (non-hydrogen) atoms. The first-order valence-corrected chi connectivity index (χ1v) is 12.3. The van der Waals surface area contributed by atoms with E-state index in [0.29, 0.717) is 50.6 Å². The maximum atomic E-state index is 11.8. The second-order valence-corrected chi connectivity index (χ2v) is 9.31. The van der Waals surface area contributed by atoms with Crippen LogP contribution in [0.2, 0.25) is 0 Å². The van der Waals surface area contributed by atoms with Gasteiger partial charge in [0, 0.05) is 43.8 Å². The summed E-state index contributed by atoms with van der Waals surface area (Å²) in [5.41, 5.74) is 0. The van der Waals surface area contributed by atoms with E-state index in [4.69, 9.17) is 9.47 Å². The molecule has 0 saturated heterocycles. The summed E-state index contributed by atoms with van der Waals surface area (Å²) in [5.74, 6) is 8.44.